The Kier molecular flexibility index (Phi) is 4.62. The molecular weight excluding hydrogens is 318 g/mol. The van der Waals surface area contributed by atoms with Crippen molar-refractivity contribution in [2.45, 2.75) is 30.5 Å². The molecule has 1 heterocycles. The minimum absolute atomic E-state index is 0.167. The minimum atomic E-state index is -0.839. The van der Waals surface area contributed by atoms with Crippen molar-refractivity contribution in [2.75, 3.05) is 7.05 Å². The third-order valence-corrected chi connectivity index (χ3v) is 5.73. The van der Waals surface area contributed by atoms with Crippen molar-refractivity contribution in [3.05, 3.63) is 108 Å². The van der Waals surface area contributed by atoms with Crippen molar-refractivity contribution in [3.63, 3.8) is 0 Å². The van der Waals surface area contributed by atoms with Gasteiger partial charge in [-0.25, -0.2) is 0 Å². The molecule has 26 heavy (non-hydrogen) atoms. The maximum Gasteiger partial charge on any atom is 0.0933 e. The fourth-order valence-electron chi connectivity index (χ4n) is 4.27. The van der Waals surface area contributed by atoms with Crippen LogP contribution in [-0.4, -0.2) is 17.1 Å². The first-order valence-corrected chi connectivity index (χ1v) is 9.27. The number of hydrogen-bond donors (Lipinski definition) is 1. The van der Waals surface area contributed by atoms with Crippen LogP contribution in [0.4, 0.5) is 0 Å². The van der Waals surface area contributed by atoms with Gasteiger partial charge in [0.15, 0.2) is 0 Å². The van der Waals surface area contributed by atoms with Crippen LogP contribution < -0.4 is 0 Å². The molecule has 3 aromatic rings. The molecule has 2 heteroatoms. The van der Waals surface area contributed by atoms with Gasteiger partial charge in [-0.1, -0.05) is 91.0 Å². The van der Waals surface area contributed by atoms with Crippen molar-refractivity contribution in [3.8, 4) is 0 Å². The van der Waals surface area contributed by atoms with E-state index in [1.807, 2.05) is 30.3 Å². The summed E-state index contributed by atoms with van der Waals surface area (Å²) in [5.41, 5.74) is 2.68. The summed E-state index contributed by atoms with van der Waals surface area (Å²) in [7, 11) is 2.18. The van der Waals surface area contributed by atoms with Gasteiger partial charge in [-0.15, -0.1) is 0 Å². The number of hydrogen-bond acceptors (Lipinski definition) is 2. The first-order valence-electron chi connectivity index (χ1n) is 9.27. The maximum atomic E-state index is 11.7. The molecular formula is C24H25NO. The van der Waals surface area contributed by atoms with Gasteiger partial charge in [-0.05, 0) is 23.7 Å². The second kappa shape index (κ2) is 7.06. The van der Waals surface area contributed by atoms with Crippen molar-refractivity contribution in [2.24, 2.45) is 0 Å². The fraction of sp³-hybridized carbons (Fsp3) is 0.250. The summed E-state index contributed by atoms with van der Waals surface area (Å²) in [6.45, 7) is 0. The second-order valence-electron chi connectivity index (χ2n) is 7.32. The van der Waals surface area contributed by atoms with E-state index in [0.29, 0.717) is 12.8 Å². The molecule has 0 saturated carbocycles. The van der Waals surface area contributed by atoms with Gasteiger partial charge in [0, 0.05) is 24.9 Å². The molecule has 0 unspecified atom stereocenters. The van der Waals surface area contributed by atoms with Crippen molar-refractivity contribution < 1.29 is 5.11 Å². The molecule has 0 spiro atoms. The van der Waals surface area contributed by atoms with Crippen LogP contribution in [0.3, 0.4) is 0 Å². The molecule has 4 rings (SSSR count). The van der Waals surface area contributed by atoms with E-state index in [4.69, 9.17) is 0 Å². The zero-order valence-electron chi connectivity index (χ0n) is 15.1. The van der Waals surface area contributed by atoms with Crippen LogP contribution in [0.5, 0.6) is 0 Å². The lowest BCUT2D eigenvalue weighted by molar-refractivity contribution is -0.0739. The fourth-order valence-corrected chi connectivity index (χ4v) is 4.27. The lowest BCUT2D eigenvalue weighted by Crippen LogP contribution is -2.44. The van der Waals surface area contributed by atoms with Gasteiger partial charge in [-0.3, -0.25) is 4.90 Å². The molecule has 2 atom stereocenters. The van der Waals surface area contributed by atoms with E-state index in [-0.39, 0.29) is 12.1 Å². The molecule has 0 amide bonds. The molecule has 1 fully saturated rings. The molecule has 0 aromatic heterocycles. The molecule has 1 aliphatic rings. The van der Waals surface area contributed by atoms with E-state index in [1.54, 1.807) is 0 Å². The van der Waals surface area contributed by atoms with Crippen molar-refractivity contribution >= 4 is 0 Å². The van der Waals surface area contributed by atoms with Crippen LogP contribution >= 0.6 is 0 Å². The Morgan fingerprint density at radius 1 is 0.692 bits per heavy atom. The van der Waals surface area contributed by atoms with Gasteiger partial charge in [0.2, 0.25) is 0 Å². The maximum absolute atomic E-state index is 11.7. The normalized spacial score (nSPS) is 26.5. The smallest absolute Gasteiger partial charge is 0.0933 e. The number of likely N-dealkylation sites (tertiary alicyclic amines) is 1. The minimum Gasteiger partial charge on any atom is -0.385 e. The third kappa shape index (κ3) is 3.18. The van der Waals surface area contributed by atoms with Crippen LogP contribution in [0, 0.1) is 0 Å². The number of piperidine rings is 1. The summed E-state index contributed by atoms with van der Waals surface area (Å²) < 4.78 is 0. The highest BCUT2D eigenvalue weighted by Gasteiger charge is 2.44. The summed E-state index contributed by atoms with van der Waals surface area (Å²) >= 11 is 0. The Hall–Kier alpha value is -2.42. The van der Waals surface area contributed by atoms with Crippen LogP contribution in [0.15, 0.2) is 91.0 Å². The largest absolute Gasteiger partial charge is 0.385 e. The number of nitrogens with zero attached hydrogens (tertiary/aromatic N) is 1. The van der Waals surface area contributed by atoms with Gasteiger partial charge >= 0.3 is 0 Å². The van der Waals surface area contributed by atoms with Crippen molar-refractivity contribution in [1.82, 2.24) is 4.90 Å². The predicted molar refractivity (Wildman–Crippen MR) is 106 cm³/mol. The lowest BCUT2D eigenvalue weighted by Gasteiger charge is -2.48. The van der Waals surface area contributed by atoms with E-state index in [0.717, 1.165) is 5.56 Å². The van der Waals surface area contributed by atoms with E-state index in [2.05, 4.69) is 72.6 Å². The highest BCUT2D eigenvalue weighted by Crippen LogP contribution is 2.49. The monoisotopic (exact) mass is 343 g/mol. The SMILES string of the molecule is CN1[C@@H](c2ccccc2)CC(O)(c2ccccc2)C[C@@H]1c1ccccc1. The Morgan fingerprint density at radius 3 is 1.50 bits per heavy atom. The van der Waals surface area contributed by atoms with Crippen molar-refractivity contribution in [1.29, 1.82) is 0 Å². The van der Waals surface area contributed by atoms with E-state index in [9.17, 15) is 5.11 Å². The standard InChI is InChI=1S/C24H25NO/c1-25-22(19-11-5-2-6-12-19)17-24(26,21-15-9-4-10-16-21)18-23(25)20-13-7-3-8-14-20/h2-16,22-23,26H,17-18H2,1H3/t22-,23-/m1/s1. The molecule has 132 valence electrons. The summed E-state index contributed by atoms with van der Waals surface area (Å²) in [4.78, 5) is 2.42. The van der Waals surface area contributed by atoms with Gasteiger partial charge in [-0.2, -0.15) is 0 Å². The zero-order valence-corrected chi connectivity index (χ0v) is 15.1. The molecule has 2 nitrogen and oxygen atoms in total. The van der Waals surface area contributed by atoms with Gasteiger partial charge < -0.3 is 5.11 Å². The Balaban J connectivity index is 1.78. The van der Waals surface area contributed by atoms with Gasteiger partial charge in [0.1, 0.15) is 0 Å². The molecule has 0 bridgehead atoms. The van der Waals surface area contributed by atoms with Crippen LogP contribution in [-0.2, 0) is 5.60 Å². The van der Waals surface area contributed by atoms with Crippen LogP contribution in [0.1, 0.15) is 41.6 Å². The summed E-state index contributed by atoms with van der Waals surface area (Å²) in [5.74, 6) is 0. The highest BCUT2D eigenvalue weighted by molar-refractivity contribution is 5.30. The Morgan fingerprint density at radius 2 is 1.08 bits per heavy atom. The highest BCUT2D eigenvalue weighted by atomic mass is 16.3. The Labute approximate surface area is 155 Å². The predicted octanol–water partition coefficient (Wildman–Crippen LogP) is 5.08. The number of aliphatic hydroxyl groups is 1. The molecule has 1 aliphatic heterocycles. The number of benzene rings is 3. The average molecular weight is 343 g/mol. The number of rotatable bonds is 3. The molecule has 0 radical (unpaired) electrons. The van der Waals surface area contributed by atoms with E-state index >= 15 is 0 Å². The topological polar surface area (TPSA) is 23.5 Å². The summed E-state index contributed by atoms with van der Waals surface area (Å²) in [6.07, 6.45) is 1.39. The van der Waals surface area contributed by atoms with E-state index in [1.165, 1.54) is 11.1 Å². The van der Waals surface area contributed by atoms with Gasteiger partial charge in [0.05, 0.1) is 5.60 Å². The first kappa shape index (κ1) is 17.0. The summed E-state index contributed by atoms with van der Waals surface area (Å²) in [6, 6.07) is 31.5. The van der Waals surface area contributed by atoms with Crippen LogP contribution in [0.2, 0.25) is 0 Å². The average Bonchev–Trinajstić information content (AvgIpc) is 2.71. The molecule has 0 aliphatic carbocycles. The lowest BCUT2D eigenvalue weighted by atomic mass is 9.74. The Bertz CT molecular complexity index is 782. The third-order valence-electron chi connectivity index (χ3n) is 5.73. The first-order chi connectivity index (χ1) is 12.7. The molecule has 1 N–H and O–H groups in total. The second-order valence-corrected chi connectivity index (χ2v) is 7.32. The summed E-state index contributed by atoms with van der Waals surface area (Å²) in [5, 5.41) is 11.7. The quantitative estimate of drug-likeness (QED) is 0.716. The van der Waals surface area contributed by atoms with Crippen LogP contribution in [0.25, 0.3) is 0 Å². The molecule has 1 saturated heterocycles. The zero-order chi connectivity index (χ0) is 18.0. The van der Waals surface area contributed by atoms with Gasteiger partial charge in [0.25, 0.3) is 0 Å². The molecule has 3 aromatic carbocycles. The van der Waals surface area contributed by atoms with E-state index < -0.39 is 5.60 Å².